The SMILES string of the molecule is COc1ccc(NN=C(C#N)c2nc(-c3ccc(C)cc3C)cs2)cc1. The second-order valence-corrected chi connectivity index (χ2v) is 6.63. The van der Waals surface area contributed by atoms with Crippen LogP contribution in [0.15, 0.2) is 52.9 Å². The number of methoxy groups -OCH3 is 1. The van der Waals surface area contributed by atoms with Gasteiger partial charge in [0.15, 0.2) is 10.7 Å². The molecule has 0 aliphatic rings. The molecule has 0 atom stereocenters. The predicted octanol–water partition coefficient (Wildman–Crippen LogP) is 4.78. The smallest absolute Gasteiger partial charge is 0.196 e. The maximum atomic E-state index is 9.44. The van der Waals surface area contributed by atoms with Gasteiger partial charge in [0.2, 0.25) is 0 Å². The molecule has 0 fully saturated rings. The molecule has 0 amide bonds. The van der Waals surface area contributed by atoms with Crippen molar-refractivity contribution in [3.05, 3.63) is 64.0 Å². The van der Waals surface area contributed by atoms with E-state index in [4.69, 9.17) is 4.74 Å². The summed E-state index contributed by atoms with van der Waals surface area (Å²) in [6, 6.07) is 15.7. The van der Waals surface area contributed by atoms with E-state index < -0.39 is 0 Å². The summed E-state index contributed by atoms with van der Waals surface area (Å²) in [6.45, 7) is 4.13. The van der Waals surface area contributed by atoms with Crippen LogP contribution in [0, 0.1) is 25.2 Å². The van der Waals surface area contributed by atoms with Gasteiger partial charge < -0.3 is 4.74 Å². The van der Waals surface area contributed by atoms with E-state index in [1.165, 1.54) is 16.9 Å². The molecule has 0 saturated carbocycles. The Morgan fingerprint density at radius 2 is 1.96 bits per heavy atom. The van der Waals surface area contributed by atoms with Crippen LogP contribution >= 0.6 is 11.3 Å². The van der Waals surface area contributed by atoms with Crippen LogP contribution in [-0.2, 0) is 0 Å². The number of nitriles is 1. The van der Waals surface area contributed by atoms with E-state index in [-0.39, 0.29) is 5.71 Å². The Labute approximate surface area is 156 Å². The van der Waals surface area contributed by atoms with E-state index in [2.05, 4.69) is 53.6 Å². The van der Waals surface area contributed by atoms with Gasteiger partial charge >= 0.3 is 0 Å². The molecule has 0 aliphatic carbocycles. The first-order chi connectivity index (χ1) is 12.6. The maximum Gasteiger partial charge on any atom is 0.196 e. The number of benzene rings is 2. The van der Waals surface area contributed by atoms with Gasteiger partial charge in [0, 0.05) is 10.9 Å². The number of hydrogen-bond donors (Lipinski definition) is 1. The minimum atomic E-state index is 0.252. The molecule has 0 spiro atoms. The summed E-state index contributed by atoms with van der Waals surface area (Å²) < 4.78 is 5.12. The van der Waals surface area contributed by atoms with Crippen molar-refractivity contribution in [1.29, 1.82) is 5.26 Å². The molecule has 0 unspecified atom stereocenters. The first-order valence-electron chi connectivity index (χ1n) is 8.02. The second-order valence-electron chi connectivity index (χ2n) is 5.77. The highest BCUT2D eigenvalue weighted by atomic mass is 32.1. The molecule has 6 heteroatoms. The largest absolute Gasteiger partial charge is 0.497 e. The fourth-order valence-corrected chi connectivity index (χ4v) is 3.27. The third kappa shape index (κ3) is 3.90. The van der Waals surface area contributed by atoms with Crippen LogP contribution in [0.1, 0.15) is 16.1 Å². The van der Waals surface area contributed by atoms with E-state index in [9.17, 15) is 5.26 Å². The van der Waals surface area contributed by atoms with Crippen LogP contribution in [0.25, 0.3) is 11.3 Å². The highest BCUT2D eigenvalue weighted by Crippen LogP contribution is 2.26. The minimum absolute atomic E-state index is 0.252. The van der Waals surface area contributed by atoms with E-state index in [1.807, 2.05) is 29.6 Å². The fourth-order valence-electron chi connectivity index (χ4n) is 2.51. The molecule has 0 saturated heterocycles. The van der Waals surface area contributed by atoms with Crippen molar-refractivity contribution in [3.63, 3.8) is 0 Å². The van der Waals surface area contributed by atoms with Crippen LogP contribution in [0.5, 0.6) is 5.75 Å². The number of thiazole rings is 1. The van der Waals surface area contributed by atoms with E-state index in [1.54, 1.807) is 7.11 Å². The van der Waals surface area contributed by atoms with Gasteiger partial charge in [-0.1, -0.05) is 23.8 Å². The van der Waals surface area contributed by atoms with Crippen LogP contribution in [0.4, 0.5) is 5.69 Å². The highest BCUT2D eigenvalue weighted by Gasteiger charge is 2.12. The summed E-state index contributed by atoms with van der Waals surface area (Å²) in [6.07, 6.45) is 0. The van der Waals surface area contributed by atoms with Crippen molar-refractivity contribution in [2.75, 3.05) is 12.5 Å². The predicted molar refractivity (Wildman–Crippen MR) is 106 cm³/mol. The average molecular weight is 362 g/mol. The first kappa shape index (κ1) is 17.6. The van der Waals surface area contributed by atoms with Gasteiger partial charge in [-0.15, -0.1) is 11.3 Å². The summed E-state index contributed by atoms with van der Waals surface area (Å²) in [5.41, 5.74) is 8.21. The van der Waals surface area contributed by atoms with E-state index in [0.29, 0.717) is 5.01 Å². The zero-order valence-corrected chi connectivity index (χ0v) is 15.6. The lowest BCUT2D eigenvalue weighted by Gasteiger charge is -2.04. The van der Waals surface area contributed by atoms with Gasteiger partial charge in [-0.25, -0.2) is 4.98 Å². The molecule has 1 N–H and O–H groups in total. The highest BCUT2D eigenvalue weighted by molar-refractivity contribution is 7.12. The molecule has 130 valence electrons. The van der Waals surface area contributed by atoms with Crippen LogP contribution < -0.4 is 10.2 Å². The molecule has 3 aromatic rings. The molecule has 0 bridgehead atoms. The number of nitrogens with one attached hydrogen (secondary N) is 1. The average Bonchev–Trinajstić information content (AvgIpc) is 3.12. The monoisotopic (exact) mass is 362 g/mol. The first-order valence-corrected chi connectivity index (χ1v) is 8.90. The number of ether oxygens (including phenoxy) is 1. The van der Waals surface area contributed by atoms with E-state index >= 15 is 0 Å². The Balaban J connectivity index is 1.82. The standard InChI is InChI=1S/C20H18N4OS/c1-13-4-9-17(14(2)10-13)19-12-26-20(22-19)18(11-21)24-23-15-5-7-16(25-3)8-6-15/h4-10,12,23H,1-3H3. The number of nitrogens with zero attached hydrogens (tertiary/aromatic N) is 3. The lowest BCUT2D eigenvalue weighted by molar-refractivity contribution is 0.415. The van der Waals surface area contributed by atoms with Gasteiger partial charge in [-0.2, -0.15) is 10.4 Å². The molecular weight excluding hydrogens is 344 g/mol. The molecular formula is C20H18N4OS. The Hall–Kier alpha value is -3.17. The number of aryl methyl sites for hydroxylation is 2. The zero-order valence-electron chi connectivity index (χ0n) is 14.8. The Kier molecular flexibility index (Phi) is 5.30. The normalized spacial score (nSPS) is 11.1. The van der Waals surface area contributed by atoms with Crippen molar-refractivity contribution in [3.8, 4) is 23.1 Å². The topological polar surface area (TPSA) is 70.3 Å². The fraction of sp³-hybridized carbons (Fsp3) is 0.150. The Bertz CT molecular complexity index is 984. The van der Waals surface area contributed by atoms with Crippen molar-refractivity contribution >= 4 is 22.7 Å². The number of hydrazone groups is 1. The molecule has 2 aromatic carbocycles. The minimum Gasteiger partial charge on any atom is -0.497 e. The lowest BCUT2D eigenvalue weighted by atomic mass is 10.0. The third-order valence-corrected chi connectivity index (χ3v) is 4.71. The quantitative estimate of drug-likeness (QED) is 0.524. The van der Waals surface area contributed by atoms with Crippen molar-refractivity contribution in [2.45, 2.75) is 13.8 Å². The number of rotatable bonds is 5. The van der Waals surface area contributed by atoms with Crippen LogP contribution in [-0.4, -0.2) is 17.8 Å². The number of aromatic nitrogens is 1. The van der Waals surface area contributed by atoms with Crippen LogP contribution in [0.2, 0.25) is 0 Å². The Morgan fingerprint density at radius 1 is 1.19 bits per heavy atom. The van der Waals surface area contributed by atoms with E-state index in [0.717, 1.165) is 28.3 Å². The summed E-state index contributed by atoms with van der Waals surface area (Å²) in [7, 11) is 1.62. The zero-order chi connectivity index (χ0) is 18.5. The van der Waals surface area contributed by atoms with Gasteiger partial charge in [0.25, 0.3) is 0 Å². The molecule has 5 nitrogen and oxygen atoms in total. The molecule has 0 aliphatic heterocycles. The molecule has 26 heavy (non-hydrogen) atoms. The third-order valence-electron chi connectivity index (χ3n) is 3.86. The summed E-state index contributed by atoms with van der Waals surface area (Å²) in [5.74, 6) is 0.762. The lowest BCUT2D eigenvalue weighted by Crippen LogP contribution is -2.01. The van der Waals surface area contributed by atoms with Crippen molar-refractivity contribution in [2.24, 2.45) is 5.10 Å². The molecule has 1 aromatic heterocycles. The van der Waals surface area contributed by atoms with Crippen molar-refractivity contribution < 1.29 is 4.74 Å². The summed E-state index contributed by atoms with van der Waals surface area (Å²) >= 11 is 1.41. The molecule has 1 heterocycles. The number of anilines is 1. The Morgan fingerprint density at radius 3 is 2.62 bits per heavy atom. The van der Waals surface area contributed by atoms with Crippen LogP contribution in [0.3, 0.4) is 0 Å². The van der Waals surface area contributed by atoms with Gasteiger partial charge in [-0.05, 0) is 43.7 Å². The maximum absolute atomic E-state index is 9.44. The molecule has 0 radical (unpaired) electrons. The summed E-state index contributed by atoms with van der Waals surface area (Å²) in [5, 5.41) is 16.2. The molecule has 3 rings (SSSR count). The van der Waals surface area contributed by atoms with Gasteiger partial charge in [0.05, 0.1) is 18.5 Å². The second kappa shape index (κ2) is 7.81. The summed E-state index contributed by atoms with van der Waals surface area (Å²) in [4.78, 5) is 4.59. The van der Waals surface area contributed by atoms with Gasteiger partial charge in [-0.3, -0.25) is 5.43 Å². The number of hydrogen-bond acceptors (Lipinski definition) is 6. The van der Waals surface area contributed by atoms with Crippen molar-refractivity contribution in [1.82, 2.24) is 4.98 Å². The van der Waals surface area contributed by atoms with Gasteiger partial charge in [0.1, 0.15) is 11.8 Å².